The van der Waals surface area contributed by atoms with Gasteiger partial charge in [-0.3, -0.25) is 9.69 Å². The Morgan fingerprint density at radius 2 is 2.00 bits per heavy atom. The van der Waals surface area contributed by atoms with E-state index in [-0.39, 0.29) is 18.1 Å². The summed E-state index contributed by atoms with van der Waals surface area (Å²) in [4.78, 5) is 17.2. The zero-order valence-corrected chi connectivity index (χ0v) is 18.2. The van der Waals surface area contributed by atoms with Crippen LogP contribution >= 0.6 is 0 Å². The molecule has 1 unspecified atom stereocenters. The molecule has 1 amide bonds. The Kier molecular flexibility index (Phi) is 6.95. The van der Waals surface area contributed by atoms with E-state index in [0.717, 1.165) is 61.7 Å². The van der Waals surface area contributed by atoms with Gasteiger partial charge in [-0.25, -0.2) is 0 Å². The van der Waals surface area contributed by atoms with Crippen LogP contribution < -0.4 is 4.74 Å². The number of fused-ring (bicyclic) bond motifs is 1. The van der Waals surface area contributed by atoms with Crippen molar-refractivity contribution in [3.05, 3.63) is 52.3 Å². The highest BCUT2D eigenvalue weighted by Crippen LogP contribution is 2.31. The molecule has 168 valence electrons. The second kappa shape index (κ2) is 9.85. The maximum Gasteiger partial charge on any atom is 0.253 e. The molecule has 1 aromatic carbocycles. The molecule has 2 heterocycles. The molecular weight excluding hydrogens is 396 g/mol. The van der Waals surface area contributed by atoms with Gasteiger partial charge in [-0.1, -0.05) is 13.0 Å². The molecule has 7 nitrogen and oxygen atoms in total. The summed E-state index contributed by atoms with van der Waals surface area (Å²) in [5.41, 5.74) is 3.27. The Bertz CT molecular complexity index is 873. The molecule has 0 spiro atoms. The SMILES string of the molecule is CCC1=C(O)CC(O)C(C(=O)N2Cc3ccc(OCCCN4CCOCC4)cc3C2)=C1. The number of carbonyl (C=O) groups excluding carboxylic acids is 1. The number of allylic oxidation sites excluding steroid dienone is 2. The average Bonchev–Trinajstić information content (AvgIpc) is 3.21. The van der Waals surface area contributed by atoms with Gasteiger partial charge in [0.25, 0.3) is 5.91 Å². The van der Waals surface area contributed by atoms with Crippen molar-refractivity contribution < 1.29 is 24.5 Å². The van der Waals surface area contributed by atoms with Crippen molar-refractivity contribution in [2.24, 2.45) is 0 Å². The lowest BCUT2D eigenvalue weighted by atomic mass is 9.93. The zero-order chi connectivity index (χ0) is 21.8. The van der Waals surface area contributed by atoms with Gasteiger partial charge in [0, 0.05) is 44.7 Å². The van der Waals surface area contributed by atoms with Gasteiger partial charge in [-0.15, -0.1) is 0 Å². The number of hydrogen-bond acceptors (Lipinski definition) is 6. The maximum atomic E-state index is 13.0. The summed E-state index contributed by atoms with van der Waals surface area (Å²) in [6, 6.07) is 6.01. The van der Waals surface area contributed by atoms with Crippen molar-refractivity contribution in [2.45, 2.75) is 45.4 Å². The molecule has 2 aliphatic heterocycles. The van der Waals surface area contributed by atoms with Crippen molar-refractivity contribution in [1.29, 1.82) is 0 Å². The Hall–Kier alpha value is -2.35. The van der Waals surface area contributed by atoms with E-state index in [1.54, 1.807) is 11.0 Å². The Balaban J connectivity index is 1.32. The Morgan fingerprint density at radius 1 is 1.23 bits per heavy atom. The second-order valence-corrected chi connectivity index (χ2v) is 8.39. The summed E-state index contributed by atoms with van der Waals surface area (Å²) >= 11 is 0. The fourth-order valence-electron chi connectivity index (χ4n) is 4.39. The summed E-state index contributed by atoms with van der Waals surface area (Å²) in [7, 11) is 0. The van der Waals surface area contributed by atoms with Crippen LogP contribution in [-0.2, 0) is 22.6 Å². The van der Waals surface area contributed by atoms with E-state index in [4.69, 9.17) is 9.47 Å². The van der Waals surface area contributed by atoms with Crippen LogP contribution in [0.25, 0.3) is 0 Å². The van der Waals surface area contributed by atoms with Gasteiger partial charge < -0.3 is 24.6 Å². The number of rotatable bonds is 7. The predicted octanol–water partition coefficient (Wildman–Crippen LogP) is 2.54. The molecule has 1 fully saturated rings. The third-order valence-electron chi connectivity index (χ3n) is 6.25. The van der Waals surface area contributed by atoms with Gasteiger partial charge in [0.15, 0.2) is 0 Å². The van der Waals surface area contributed by atoms with E-state index < -0.39 is 6.10 Å². The van der Waals surface area contributed by atoms with E-state index in [2.05, 4.69) is 4.90 Å². The lowest BCUT2D eigenvalue weighted by molar-refractivity contribution is -0.128. The standard InChI is InChI=1S/C24H32N2O5/c1-2-17-13-21(23(28)14-22(17)27)24(29)26-15-18-4-5-20(12-19(18)16-26)31-9-3-6-25-7-10-30-11-8-25/h4-5,12-13,23,27-28H,2-3,6-11,14-16H2,1H3. The molecule has 1 aliphatic carbocycles. The van der Waals surface area contributed by atoms with Gasteiger partial charge in [-0.2, -0.15) is 0 Å². The lowest BCUT2D eigenvalue weighted by Gasteiger charge is -2.26. The molecule has 1 atom stereocenters. The molecule has 7 heteroatoms. The molecule has 4 rings (SSSR count). The van der Waals surface area contributed by atoms with E-state index in [1.165, 1.54) is 0 Å². The average molecular weight is 429 g/mol. The minimum Gasteiger partial charge on any atom is -0.512 e. The lowest BCUT2D eigenvalue weighted by Crippen LogP contribution is -2.37. The molecule has 2 N–H and O–H groups in total. The highest BCUT2D eigenvalue weighted by molar-refractivity contribution is 5.95. The van der Waals surface area contributed by atoms with Gasteiger partial charge in [0.2, 0.25) is 0 Å². The van der Waals surface area contributed by atoms with Crippen LogP contribution in [0.1, 0.15) is 37.3 Å². The Labute approximate surface area is 183 Å². The highest BCUT2D eigenvalue weighted by Gasteiger charge is 2.31. The monoisotopic (exact) mass is 428 g/mol. The van der Waals surface area contributed by atoms with Gasteiger partial charge >= 0.3 is 0 Å². The van der Waals surface area contributed by atoms with Gasteiger partial charge in [-0.05, 0) is 47.8 Å². The first-order valence-corrected chi connectivity index (χ1v) is 11.2. The molecule has 1 aromatic rings. The molecule has 0 radical (unpaired) electrons. The largest absolute Gasteiger partial charge is 0.512 e. The van der Waals surface area contributed by atoms with Crippen LogP contribution in [0.2, 0.25) is 0 Å². The minimum absolute atomic E-state index is 0.101. The molecule has 31 heavy (non-hydrogen) atoms. The van der Waals surface area contributed by atoms with Crippen molar-refractivity contribution in [2.75, 3.05) is 39.5 Å². The van der Waals surface area contributed by atoms with Crippen molar-refractivity contribution >= 4 is 5.91 Å². The van der Waals surface area contributed by atoms with Crippen molar-refractivity contribution in [3.63, 3.8) is 0 Å². The first-order valence-electron chi connectivity index (χ1n) is 11.2. The fourth-order valence-corrected chi connectivity index (χ4v) is 4.39. The number of hydrogen-bond donors (Lipinski definition) is 2. The number of nitrogens with zero attached hydrogens (tertiary/aromatic N) is 2. The first kappa shape index (κ1) is 21.9. The van der Waals surface area contributed by atoms with Crippen molar-refractivity contribution in [3.8, 4) is 5.75 Å². The quantitative estimate of drug-likeness (QED) is 0.650. The van der Waals surface area contributed by atoms with Crippen LogP contribution in [-0.4, -0.2) is 71.5 Å². The van der Waals surface area contributed by atoms with E-state index >= 15 is 0 Å². The fraction of sp³-hybridized carbons (Fsp3) is 0.542. The summed E-state index contributed by atoms with van der Waals surface area (Å²) in [5, 5.41) is 20.3. The Morgan fingerprint density at radius 3 is 2.77 bits per heavy atom. The highest BCUT2D eigenvalue weighted by atomic mass is 16.5. The molecule has 1 saturated heterocycles. The van der Waals surface area contributed by atoms with E-state index in [9.17, 15) is 15.0 Å². The number of aliphatic hydroxyl groups excluding tert-OH is 2. The van der Waals surface area contributed by atoms with E-state index in [0.29, 0.717) is 31.7 Å². The molecule has 0 bridgehead atoms. The number of carbonyl (C=O) groups is 1. The molecule has 0 saturated carbocycles. The molecule has 0 aromatic heterocycles. The number of ether oxygens (including phenoxy) is 2. The van der Waals surface area contributed by atoms with Crippen LogP contribution in [0.3, 0.4) is 0 Å². The van der Waals surface area contributed by atoms with Crippen LogP contribution in [0.4, 0.5) is 0 Å². The normalized spacial score (nSPS) is 21.8. The van der Waals surface area contributed by atoms with E-state index in [1.807, 2.05) is 25.1 Å². The zero-order valence-electron chi connectivity index (χ0n) is 18.2. The molecule has 3 aliphatic rings. The predicted molar refractivity (Wildman–Crippen MR) is 117 cm³/mol. The smallest absolute Gasteiger partial charge is 0.253 e. The third kappa shape index (κ3) is 5.11. The topological polar surface area (TPSA) is 82.5 Å². The van der Waals surface area contributed by atoms with Crippen LogP contribution in [0.5, 0.6) is 5.75 Å². The number of aliphatic hydroxyl groups is 2. The summed E-state index contributed by atoms with van der Waals surface area (Å²) in [6.45, 7) is 8.22. The number of amides is 1. The van der Waals surface area contributed by atoms with Crippen molar-refractivity contribution in [1.82, 2.24) is 9.80 Å². The first-order chi connectivity index (χ1) is 15.0. The number of benzene rings is 1. The second-order valence-electron chi connectivity index (χ2n) is 8.39. The number of morpholine rings is 1. The summed E-state index contributed by atoms with van der Waals surface area (Å²) in [5.74, 6) is 0.829. The van der Waals surface area contributed by atoms with Crippen LogP contribution in [0, 0.1) is 0 Å². The molecular formula is C24H32N2O5. The minimum atomic E-state index is -0.961. The maximum absolute atomic E-state index is 13.0. The van der Waals surface area contributed by atoms with Gasteiger partial charge in [0.1, 0.15) is 5.75 Å². The van der Waals surface area contributed by atoms with Crippen LogP contribution in [0.15, 0.2) is 41.2 Å². The summed E-state index contributed by atoms with van der Waals surface area (Å²) in [6.07, 6.45) is 2.38. The summed E-state index contributed by atoms with van der Waals surface area (Å²) < 4.78 is 11.3. The van der Waals surface area contributed by atoms with Gasteiger partial charge in [0.05, 0.1) is 31.7 Å². The third-order valence-corrected chi connectivity index (χ3v) is 6.25.